The third kappa shape index (κ3) is 3.68. The molecule has 1 amide bonds. The molecule has 4 rings (SSSR count). The van der Waals surface area contributed by atoms with E-state index in [1.54, 1.807) is 24.3 Å². The predicted molar refractivity (Wildman–Crippen MR) is 108 cm³/mol. The number of carbonyl (C=O) groups is 2. The summed E-state index contributed by atoms with van der Waals surface area (Å²) in [5, 5.41) is 10.3. The Kier molecular flexibility index (Phi) is 5.31. The molecule has 0 radical (unpaired) electrons. The number of Topliss-reactive ketones (excluding diaryl/α,β-unsaturated/α-hetero) is 1. The first-order chi connectivity index (χ1) is 14.5. The van der Waals surface area contributed by atoms with E-state index in [9.17, 15) is 23.5 Å². The lowest BCUT2D eigenvalue weighted by molar-refractivity contribution is -0.130. The number of halogens is 2. The lowest BCUT2D eigenvalue weighted by atomic mass is 9.78. The standard InChI is InChI=1S/C24H19F2NO3/c25-16-7-5-15(6-8-16)21(28)14-13-20-23(19-3-1-2-4-22(19)29)27(24(20)30)18-11-9-17(26)10-12-18/h1-12,20,23,29H,13-14H2/t20-,23-/m1/s1. The van der Waals surface area contributed by atoms with Gasteiger partial charge in [-0.3, -0.25) is 9.59 Å². The molecule has 1 heterocycles. The molecule has 0 aliphatic carbocycles. The van der Waals surface area contributed by atoms with Crippen molar-refractivity contribution < 1.29 is 23.5 Å². The van der Waals surface area contributed by atoms with Gasteiger partial charge < -0.3 is 10.0 Å². The fourth-order valence-corrected chi connectivity index (χ4v) is 3.88. The molecule has 1 saturated heterocycles. The number of anilines is 1. The summed E-state index contributed by atoms with van der Waals surface area (Å²) in [5.41, 5.74) is 1.48. The Balaban J connectivity index is 1.57. The molecule has 0 spiro atoms. The van der Waals surface area contributed by atoms with Crippen molar-refractivity contribution in [1.29, 1.82) is 0 Å². The maximum atomic E-state index is 13.3. The molecule has 3 aromatic carbocycles. The van der Waals surface area contributed by atoms with Gasteiger partial charge in [-0.05, 0) is 61.0 Å². The molecule has 1 aliphatic heterocycles. The Bertz CT molecular complexity index is 1080. The highest BCUT2D eigenvalue weighted by Crippen LogP contribution is 2.47. The fraction of sp³-hybridized carbons (Fsp3) is 0.167. The van der Waals surface area contributed by atoms with Crippen molar-refractivity contribution in [2.75, 3.05) is 4.90 Å². The van der Waals surface area contributed by atoms with E-state index in [0.717, 1.165) is 0 Å². The van der Waals surface area contributed by atoms with Gasteiger partial charge in [-0.15, -0.1) is 0 Å². The number of benzene rings is 3. The van der Waals surface area contributed by atoms with Gasteiger partial charge in [0.15, 0.2) is 5.78 Å². The largest absolute Gasteiger partial charge is 0.508 e. The molecule has 30 heavy (non-hydrogen) atoms. The van der Waals surface area contributed by atoms with E-state index in [1.165, 1.54) is 53.4 Å². The Hall–Kier alpha value is -3.54. The van der Waals surface area contributed by atoms with Crippen LogP contribution in [0.1, 0.15) is 34.8 Å². The van der Waals surface area contributed by atoms with Gasteiger partial charge in [-0.25, -0.2) is 8.78 Å². The maximum Gasteiger partial charge on any atom is 0.233 e. The van der Waals surface area contributed by atoms with Gasteiger partial charge in [0, 0.05) is 23.2 Å². The number of amides is 1. The molecule has 152 valence electrons. The van der Waals surface area contributed by atoms with Gasteiger partial charge in [-0.1, -0.05) is 18.2 Å². The predicted octanol–water partition coefficient (Wildman–Crippen LogP) is 5.04. The molecule has 6 heteroatoms. The second-order valence-corrected chi connectivity index (χ2v) is 7.26. The molecule has 4 nitrogen and oxygen atoms in total. The number of carbonyl (C=O) groups excluding carboxylic acids is 2. The summed E-state index contributed by atoms with van der Waals surface area (Å²) in [6, 6.07) is 17.1. The van der Waals surface area contributed by atoms with Gasteiger partial charge in [0.1, 0.15) is 17.4 Å². The van der Waals surface area contributed by atoms with Crippen LogP contribution in [0.2, 0.25) is 0 Å². The van der Waals surface area contributed by atoms with Crippen LogP contribution in [0.3, 0.4) is 0 Å². The number of para-hydroxylation sites is 1. The van der Waals surface area contributed by atoms with E-state index < -0.39 is 23.6 Å². The molecular weight excluding hydrogens is 388 g/mol. The zero-order chi connectivity index (χ0) is 21.3. The zero-order valence-electron chi connectivity index (χ0n) is 16.0. The average Bonchev–Trinajstić information content (AvgIpc) is 2.74. The van der Waals surface area contributed by atoms with Crippen molar-refractivity contribution in [3.05, 3.63) is 95.6 Å². The fourth-order valence-electron chi connectivity index (χ4n) is 3.88. The van der Waals surface area contributed by atoms with Crippen molar-refractivity contribution in [3.8, 4) is 5.75 Å². The Morgan fingerprint density at radius 2 is 1.50 bits per heavy atom. The second kappa shape index (κ2) is 8.06. The average molecular weight is 407 g/mol. The number of aromatic hydroxyl groups is 1. The number of hydrogen-bond acceptors (Lipinski definition) is 3. The number of β-lactam (4-membered cyclic amide) rings is 1. The summed E-state index contributed by atoms with van der Waals surface area (Å²) in [5.74, 6) is -1.66. The number of nitrogens with zero attached hydrogens (tertiary/aromatic N) is 1. The SMILES string of the molecule is O=C(CC[C@H]1C(=O)N(c2ccc(F)cc2)[C@@H]1c1ccccc1O)c1ccc(F)cc1. The van der Waals surface area contributed by atoms with Crippen molar-refractivity contribution in [1.82, 2.24) is 0 Å². The quantitative estimate of drug-likeness (QED) is 0.460. The van der Waals surface area contributed by atoms with Crippen LogP contribution >= 0.6 is 0 Å². The van der Waals surface area contributed by atoms with Crippen LogP contribution in [0.4, 0.5) is 14.5 Å². The molecule has 0 unspecified atom stereocenters. The smallest absolute Gasteiger partial charge is 0.233 e. The lowest BCUT2D eigenvalue weighted by Crippen LogP contribution is -2.55. The van der Waals surface area contributed by atoms with Gasteiger partial charge in [0.05, 0.1) is 12.0 Å². The van der Waals surface area contributed by atoms with E-state index in [0.29, 0.717) is 16.8 Å². The monoisotopic (exact) mass is 407 g/mol. The van der Waals surface area contributed by atoms with Crippen LogP contribution in [-0.2, 0) is 4.79 Å². The Labute approximate surface area is 172 Å². The highest BCUT2D eigenvalue weighted by Gasteiger charge is 2.49. The summed E-state index contributed by atoms with van der Waals surface area (Å²) in [6.07, 6.45) is 0.398. The first kappa shape index (κ1) is 19.8. The third-order valence-electron chi connectivity index (χ3n) is 5.42. The van der Waals surface area contributed by atoms with Crippen LogP contribution in [0.25, 0.3) is 0 Å². The van der Waals surface area contributed by atoms with E-state index in [-0.39, 0.29) is 30.3 Å². The number of hydrogen-bond donors (Lipinski definition) is 1. The number of phenols is 1. The van der Waals surface area contributed by atoms with Crippen molar-refractivity contribution in [2.45, 2.75) is 18.9 Å². The Morgan fingerprint density at radius 3 is 2.13 bits per heavy atom. The zero-order valence-corrected chi connectivity index (χ0v) is 16.0. The minimum absolute atomic E-state index is 0.0528. The topological polar surface area (TPSA) is 57.6 Å². The van der Waals surface area contributed by atoms with E-state index >= 15 is 0 Å². The molecule has 0 saturated carbocycles. The van der Waals surface area contributed by atoms with E-state index in [1.807, 2.05) is 0 Å². The van der Waals surface area contributed by atoms with Crippen molar-refractivity contribution in [3.63, 3.8) is 0 Å². The normalized spacial score (nSPS) is 18.2. The molecular formula is C24H19F2NO3. The van der Waals surface area contributed by atoms with Gasteiger partial charge in [0.2, 0.25) is 5.91 Å². The lowest BCUT2D eigenvalue weighted by Gasteiger charge is -2.47. The van der Waals surface area contributed by atoms with Crippen LogP contribution < -0.4 is 4.90 Å². The number of ketones is 1. The summed E-state index contributed by atoms with van der Waals surface area (Å²) in [6.45, 7) is 0. The van der Waals surface area contributed by atoms with Crippen molar-refractivity contribution in [2.24, 2.45) is 5.92 Å². The summed E-state index contributed by atoms with van der Waals surface area (Å²) in [7, 11) is 0. The molecule has 2 atom stereocenters. The summed E-state index contributed by atoms with van der Waals surface area (Å²) in [4.78, 5) is 26.9. The van der Waals surface area contributed by atoms with Gasteiger partial charge in [0.25, 0.3) is 0 Å². The first-order valence-electron chi connectivity index (χ1n) is 9.61. The van der Waals surface area contributed by atoms with Crippen LogP contribution in [0.15, 0.2) is 72.8 Å². The van der Waals surface area contributed by atoms with Gasteiger partial charge in [-0.2, -0.15) is 0 Å². The molecule has 0 aromatic heterocycles. The van der Waals surface area contributed by atoms with Crippen LogP contribution in [-0.4, -0.2) is 16.8 Å². The van der Waals surface area contributed by atoms with Crippen molar-refractivity contribution >= 4 is 17.4 Å². The number of phenolic OH excluding ortho intramolecular Hbond substituents is 1. The van der Waals surface area contributed by atoms with Crippen LogP contribution in [0, 0.1) is 17.6 Å². The molecule has 1 N–H and O–H groups in total. The minimum Gasteiger partial charge on any atom is -0.508 e. The third-order valence-corrected chi connectivity index (χ3v) is 5.42. The molecule has 3 aromatic rings. The number of rotatable bonds is 6. The first-order valence-corrected chi connectivity index (χ1v) is 9.61. The van der Waals surface area contributed by atoms with Crippen LogP contribution in [0.5, 0.6) is 5.75 Å². The maximum absolute atomic E-state index is 13.3. The summed E-state index contributed by atoms with van der Waals surface area (Å²) < 4.78 is 26.4. The molecule has 1 fully saturated rings. The highest BCUT2D eigenvalue weighted by atomic mass is 19.1. The highest BCUT2D eigenvalue weighted by molar-refractivity contribution is 6.04. The summed E-state index contributed by atoms with van der Waals surface area (Å²) >= 11 is 0. The van der Waals surface area contributed by atoms with E-state index in [4.69, 9.17) is 0 Å². The van der Waals surface area contributed by atoms with Gasteiger partial charge >= 0.3 is 0 Å². The molecule has 1 aliphatic rings. The minimum atomic E-state index is -0.507. The second-order valence-electron chi connectivity index (χ2n) is 7.26. The Morgan fingerprint density at radius 1 is 0.900 bits per heavy atom. The molecule has 0 bridgehead atoms. The van der Waals surface area contributed by atoms with E-state index in [2.05, 4.69) is 0 Å².